The third-order valence-corrected chi connectivity index (χ3v) is 4.42. The maximum atomic E-state index is 12.2. The molecule has 1 N–H and O–H groups in total. The molecule has 1 atom stereocenters. The quantitative estimate of drug-likeness (QED) is 0.854. The van der Waals surface area contributed by atoms with Gasteiger partial charge in [-0.1, -0.05) is 6.42 Å². The molecular weight excluding hydrogens is 250 g/mol. The van der Waals surface area contributed by atoms with Gasteiger partial charge in [0, 0.05) is 37.6 Å². The normalized spacial score (nSPS) is 25.1. The highest BCUT2D eigenvalue weighted by atomic mass is 16.2. The summed E-state index contributed by atoms with van der Waals surface area (Å²) >= 11 is 0. The van der Waals surface area contributed by atoms with Gasteiger partial charge in [0.2, 0.25) is 5.91 Å². The van der Waals surface area contributed by atoms with E-state index in [0.29, 0.717) is 18.4 Å². The first-order chi connectivity index (χ1) is 9.46. The van der Waals surface area contributed by atoms with Crippen LogP contribution in [0.15, 0.2) is 0 Å². The van der Waals surface area contributed by atoms with E-state index in [1.54, 1.807) is 0 Å². The number of rotatable bonds is 4. The maximum absolute atomic E-state index is 12.2. The van der Waals surface area contributed by atoms with Crippen LogP contribution in [-0.2, 0) is 4.79 Å². The summed E-state index contributed by atoms with van der Waals surface area (Å²) in [6.45, 7) is 11.6. The molecule has 0 aromatic rings. The second-order valence-electron chi connectivity index (χ2n) is 7.31. The summed E-state index contributed by atoms with van der Waals surface area (Å²) in [6.07, 6.45) is 5.84. The Balaban J connectivity index is 1.70. The van der Waals surface area contributed by atoms with E-state index in [0.717, 1.165) is 19.6 Å². The molecule has 0 aromatic heterocycles. The highest BCUT2D eigenvalue weighted by molar-refractivity contribution is 5.76. The molecule has 2 aliphatic heterocycles. The molecule has 0 aliphatic carbocycles. The van der Waals surface area contributed by atoms with E-state index in [2.05, 4.69) is 35.9 Å². The summed E-state index contributed by atoms with van der Waals surface area (Å²) in [6, 6.07) is 0.620. The average molecular weight is 281 g/mol. The van der Waals surface area contributed by atoms with Gasteiger partial charge in [-0.25, -0.2) is 0 Å². The minimum atomic E-state index is 0.0988. The van der Waals surface area contributed by atoms with Gasteiger partial charge in [-0.2, -0.15) is 0 Å². The predicted molar refractivity (Wildman–Crippen MR) is 82.8 cm³/mol. The Morgan fingerprint density at radius 3 is 2.50 bits per heavy atom. The molecule has 2 fully saturated rings. The van der Waals surface area contributed by atoms with Crippen molar-refractivity contribution in [3.05, 3.63) is 0 Å². The average Bonchev–Trinajstić information content (AvgIpc) is 2.88. The van der Waals surface area contributed by atoms with Gasteiger partial charge in [-0.15, -0.1) is 0 Å². The summed E-state index contributed by atoms with van der Waals surface area (Å²) in [7, 11) is 0. The van der Waals surface area contributed by atoms with Gasteiger partial charge < -0.3 is 10.2 Å². The third-order valence-electron chi connectivity index (χ3n) is 4.42. The zero-order valence-electron chi connectivity index (χ0n) is 13.5. The maximum Gasteiger partial charge on any atom is 0.223 e. The SMILES string of the molecule is CC(C)(C)NCCC(=O)N1CCC(N2CCCCC2)C1. The number of hydrogen-bond donors (Lipinski definition) is 1. The Bertz CT molecular complexity index is 318. The van der Waals surface area contributed by atoms with Crippen molar-refractivity contribution < 1.29 is 4.79 Å². The van der Waals surface area contributed by atoms with E-state index in [1.807, 2.05) is 0 Å². The lowest BCUT2D eigenvalue weighted by Crippen LogP contribution is -2.42. The van der Waals surface area contributed by atoms with Crippen molar-refractivity contribution in [2.24, 2.45) is 0 Å². The van der Waals surface area contributed by atoms with E-state index in [4.69, 9.17) is 0 Å². The van der Waals surface area contributed by atoms with E-state index in [1.165, 1.54) is 38.8 Å². The van der Waals surface area contributed by atoms with Crippen LogP contribution in [0.25, 0.3) is 0 Å². The van der Waals surface area contributed by atoms with E-state index in [-0.39, 0.29) is 5.54 Å². The van der Waals surface area contributed by atoms with Crippen molar-refractivity contribution in [3.8, 4) is 0 Å². The molecule has 2 saturated heterocycles. The number of piperidine rings is 1. The van der Waals surface area contributed by atoms with Crippen LogP contribution in [0.5, 0.6) is 0 Å². The third kappa shape index (κ3) is 4.74. The van der Waals surface area contributed by atoms with Crippen molar-refractivity contribution in [1.82, 2.24) is 15.1 Å². The van der Waals surface area contributed by atoms with Gasteiger partial charge in [-0.3, -0.25) is 9.69 Å². The van der Waals surface area contributed by atoms with Crippen molar-refractivity contribution in [2.75, 3.05) is 32.7 Å². The van der Waals surface area contributed by atoms with Gasteiger partial charge in [0.1, 0.15) is 0 Å². The smallest absolute Gasteiger partial charge is 0.223 e. The Morgan fingerprint density at radius 1 is 1.15 bits per heavy atom. The molecule has 20 heavy (non-hydrogen) atoms. The molecule has 0 aromatic carbocycles. The molecule has 2 rings (SSSR count). The molecule has 4 heteroatoms. The van der Waals surface area contributed by atoms with Crippen LogP contribution < -0.4 is 5.32 Å². The number of carbonyl (C=O) groups excluding carboxylic acids is 1. The zero-order chi connectivity index (χ0) is 14.6. The summed E-state index contributed by atoms with van der Waals surface area (Å²) in [5, 5.41) is 3.39. The predicted octanol–water partition coefficient (Wildman–Crippen LogP) is 1.85. The minimum absolute atomic E-state index is 0.0988. The molecule has 4 nitrogen and oxygen atoms in total. The number of carbonyl (C=O) groups is 1. The molecule has 0 spiro atoms. The number of nitrogens with zero attached hydrogens (tertiary/aromatic N) is 2. The van der Waals surface area contributed by atoms with E-state index >= 15 is 0 Å². The highest BCUT2D eigenvalue weighted by Gasteiger charge is 2.30. The fourth-order valence-electron chi connectivity index (χ4n) is 3.25. The fraction of sp³-hybridized carbons (Fsp3) is 0.938. The standard InChI is InChI=1S/C16H31N3O/c1-16(2,3)17-9-7-15(20)19-12-8-14(13-19)18-10-5-4-6-11-18/h14,17H,4-13H2,1-3H3. The van der Waals surface area contributed by atoms with Gasteiger partial charge in [0.05, 0.1) is 0 Å². The monoisotopic (exact) mass is 281 g/mol. The number of amides is 1. The van der Waals surface area contributed by atoms with Crippen LogP contribution in [-0.4, -0.2) is 60.0 Å². The van der Waals surface area contributed by atoms with E-state index in [9.17, 15) is 4.79 Å². The minimum Gasteiger partial charge on any atom is -0.341 e. The first-order valence-electron chi connectivity index (χ1n) is 8.22. The van der Waals surface area contributed by atoms with Crippen LogP contribution >= 0.6 is 0 Å². The second kappa shape index (κ2) is 6.90. The molecule has 0 bridgehead atoms. The molecule has 116 valence electrons. The summed E-state index contributed by atoms with van der Waals surface area (Å²) in [4.78, 5) is 16.9. The van der Waals surface area contributed by atoms with Crippen LogP contribution in [0.3, 0.4) is 0 Å². The van der Waals surface area contributed by atoms with Gasteiger partial charge in [0.15, 0.2) is 0 Å². The summed E-state index contributed by atoms with van der Waals surface area (Å²) in [5.74, 6) is 0.321. The molecule has 2 heterocycles. The lowest BCUT2D eigenvalue weighted by Gasteiger charge is -2.32. The Labute approximate surface area is 123 Å². The topological polar surface area (TPSA) is 35.6 Å². The second-order valence-corrected chi connectivity index (χ2v) is 7.31. The summed E-state index contributed by atoms with van der Waals surface area (Å²) < 4.78 is 0. The van der Waals surface area contributed by atoms with Gasteiger partial charge >= 0.3 is 0 Å². The van der Waals surface area contributed by atoms with Crippen molar-refractivity contribution in [2.45, 2.75) is 64.5 Å². The molecule has 0 saturated carbocycles. The van der Waals surface area contributed by atoms with Crippen molar-refractivity contribution in [1.29, 1.82) is 0 Å². The first kappa shape index (κ1) is 15.8. The van der Waals surface area contributed by atoms with Crippen LogP contribution in [0.2, 0.25) is 0 Å². The van der Waals surface area contributed by atoms with Crippen LogP contribution in [0.4, 0.5) is 0 Å². The lowest BCUT2D eigenvalue weighted by molar-refractivity contribution is -0.130. The van der Waals surface area contributed by atoms with E-state index < -0.39 is 0 Å². The fourth-order valence-corrected chi connectivity index (χ4v) is 3.25. The number of hydrogen-bond acceptors (Lipinski definition) is 3. The van der Waals surface area contributed by atoms with Gasteiger partial charge in [0.25, 0.3) is 0 Å². The van der Waals surface area contributed by atoms with Crippen molar-refractivity contribution in [3.63, 3.8) is 0 Å². The number of nitrogens with one attached hydrogen (secondary N) is 1. The molecule has 0 radical (unpaired) electrons. The largest absolute Gasteiger partial charge is 0.341 e. The lowest BCUT2D eigenvalue weighted by atomic mass is 10.1. The Morgan fingerprint density at radius 2 is 1.85 bits per heavy atom. The summed E-state index contributed by atoms with van der Waals surface area (Å²) in [5.41, 5.74) is 0.0988. The molecule has 1 unspecified atom stereocenters. The van der Waals surface area contributed by atoms with Gasteiger partial charge in [-0.05, 0) is 53.1 Å². The number of likely N-dealkylation sites (tertiary alicyclic amines) is 2. The Kier molecular flexibility index (Phi) is 5.44. The van der Waals surface area contributed by atoms with Crippen LogP contribution in [0.1, 0.15) is 52.9 Å². The molecular formula is C16H31N3O. The zero-order valence-corrected chi connectivity index (χ0v) is 13.5. The van der Waals surface area contributed by atoms with Crippen LogP contribution in [0, 0.1) is 0 Å². The molecule has 1 amide bonds. The van der Waals surface area contributed by atoms with Crippen molar-refractivity contribution >= 4 is 5.91 Å². The Hall–Kier alpha value is -0.610. The highest BCUT2D eigenvalue weighted by Crippen LogP contribution is 2.20. The molecule has 2 aliphatic rings. The first-order valence-corrected chi connectivity index (χ1v) is 8.22.